The van der Waals surface area contributed by atoms with Gasteiger partial charge in [0, 0.05) is 18.7 Å². The van der Waals surface area contributed by atoms with E-state index >= 15 is 0 Å². The molecule has 3 rings (SSSR count). The number of likely N-dealkylation sites (tertiary alicyclic amines) is 1. The van der Waals surface area contributed by atoms with Gasteiger partial charge in [0.25, 0.3) is 5.91 Å². The average molecular weight is 390 g/mol. The third kappa shape index (κ3) is 4.97. The highest BCUT2D eigenvalue weighted by Gasteiger charge is 2.32. The van der Waals surface area contributed by atoms with Crippen molar-refractivity contribution in [2.45, 2.75) is 23.8 Å². The van der Waals surface area contributed by atoms with Crippen LogP contribution in [0.25, 0.3) is 0 Å². The van der Waals surface area contributed by atoms with E-state index in [0.717, 1.165) is 0 Å². The van der Waals surface area contributed by atoms with Crippen molar-refractivity contribution in [3.05, 3.63) is 60.1 Å². The molecule has 0 bridgehead atoms. The summed E-state index contributed by atoms with van der Waals surface area (Å²) in [6.45, 7) is 0.627. The largest absolute Gasteiger partial charge is 0.468 e. The third-order valence-electron chi connectivity index (χ3n) is 4.66. The van der Waals surface area contributed by atoms with Crippen molar-refractivity contribution >= 4 is 21.7 Å². The second kappa shape index (κ2) is 8.39. The SMILES string of the molecule is O=C(NCC(=O)N1CCC(S(=O)(=O)Cc2ccco2)CC1)c1ccccc1. The number of piperidine rings is 1. The number of carbonyl (C=O) groups excluding carboxylic acids is 2. The maximum Gasteiger partial charge on any atom is 0.251 e. The summed E-state index contributed by atoms with van der Waals surface area (Å²) >= 11 is 0. The van der Waals surface area contributed by atoms with Crippen LogP contribution in [0.2, 0.25) is 0 Å². The van der Waals surface area contributed by atoms with Crippen LogP contribution < -0.4 is 5.32 Å². The van der Waals surface area contributed by atoms with Gasteiger partial charge in [0.05, 0.1) is 18.1 Å². The predicted octanol–water partition coefficient (Wildman–Crippen LogP) is 1.62. The lowest BCUT2D eigenvalue weighted by Gasteiger charge is -2.31. The van der Waals surface area contributed by atoms with E-state index in [4.69, 9.17) is 4.42 Å². The number of nitrogens with zero attached hydrogens (tertiary/aromatic N) is 1. The molecular weight excluding hydrogens is 368 g/mol. The Labute approximate surface area is 158 Å². The highest BCUT2D eigenvalue weighted by molar-refractivity contribution is 7.91. The first-order chi connectivity index (χ1) is 13.0. The summed E-state index contributed by atoms with van der Waals surface area (Å²) in [7, 11) is -3.32. The smallest absolute Gasteiger partial charge is 0.251 e. The molecule has 2 heterocycles. The second-order valence-electron chi connectivity index (χ2n) is 6.52. The fourth-order valence-electron chi connectivity index (χ4n) is 3.13. The average Bonchev–Trinajstić information content (AvgIpc) is 3.19. The van der Waals surface area contributed by atoms with Crippen LogP contribution >= 0.6 is 0 Å². The molecule has 2 amide bonds. The van der Waals surface area contributed by atoms with E-state index in [1.807, 2.05) is 6.07 Å². The molecule has 0 aliphatic carbocycles. The summed E-state index contributed by atoms with van der Waals surface area (Å²) in [6.07, 6.45) is 2.23. The second-order valence-corrected chi connectivity index (χ2v) is 8.80. The van der Waals surface area contributed by atoms with Gasteiger partial charge in [0.15, 0.2) is 9.84 Å². The minimum absolute atomic E-state index is 0.0997. The summed E-state index contributed by atoms with van der Waals surface area (Å²) in [5.41, 5.74) is 0.494. The summed E-state index contributed by atoms with van der Waals surface area (Å²) < 4.78 is 30.1. The van der Waals surface area contributed by atoms with E-state index in [2.05, 4.69) is 5.32 Å². The standard InChI is InChI=1S/C19H22N2O5S/c22-18(13-20-19(23)15-5-2-1-3-6-15)21-10-8-17(9-11-21)27(24,25)14-16-7-4-12-26-16/h1-7,12,17H,8-11,13-14H2,(H,20,23). The lowest BCUT2D eigenvalue weighted by molar-refractivity contribution is -0.130. The molecule has 7 nitrogen and oxygen atoms in total. The van der Waals surface area contributed by atoms with Crippen LogP contribution in [0.15, 0.2) is 53.1 Å². The maximum atomic E-state index is 12.5. The van der Waals surface area contributed by atoms with E-state index in [-0.39, 0.29) is 24.1 Å². The monoisotopic (exact) mass is 390 g/mol. The summed E-state index contributed by atoms with van der Waals surface area (Å²) in [6, 6.07) is 12.0. The van der Waals surface area contributed by atoms with E-state index in [9.17, 15) is 18.0 Å². The third-order valence-corrected chi connectivity index (χ3v) is 6.84. The predicted molar refractivity (Wildman–Crippen MR) is 99.7 cm³/mol. The van der Waals surface area contributed by atoms with Gasteiger partial charge in [-0.05, 0) is 37.1 Å². The summed E-state index contributed by atoms with van der Waals surface area (Å²) in [5.74, 6) is -0.204. The number of sulfone groups is 1. The molecule has 1 N–H and O–H groups in total. The molecule has 1 aliphatic heterocycles. The van der Waals surface area contributed by atoms with Gasteiger partial charge in [0.1, 0.15) is 11.5 Å². The van der Waals surface area contributed by atoms with Crippen molar-refractivity contribution in [1.29, 1.82) is 0 Å². The molecule has 0 unspecified atom stereocenters. The molecule has 144 valence electrons. The number of amides is 2. The van der Waals surface area contributed by atoms with E-state index in [0.29, 0.717) is 37.3 Å². The molecule has 1 aromatic carbocycles. The van der Waals surface area contributed by atoms with Gasteiger partial charge in [-0.3, -0.25) is 9.59 Å². The Morgan fingerprint density at radius 2 is 1.78 bits per heavy atom. The first kappa shape index (κ1) is 19.2. The van der Waals surface area contributed by atoms with Crippen LogP contribution in [-0.4, -0.2) is 50.0 Å². The van der Waals surface area contributed by atoms with Gasteiger partial charge in [0.2, 0.25) is 5.91 Å². The lowest BCUT2D eigenvalue weighted by Crippen LogP contribution is -2.46. The number of hydrogen-bond acceptors (Lipinski definition) is 5. The van der Waals surface area contributed by atoms with Crippen molar-refractivity contribution in [1.82, 2.24) is 10.2 Å². The molecule has 27 heavy (non-hydrogen) atoms. The van der Waals surface area contributed by atoms with E-state index in [1.54, 1.807) is 41.3 Å². The number of nitrogens with one attached hydrogen (secondary N) is 1. The number of benzene rings is 1. The van der Waals surface area contributed by atoms with Gasteiger partial charge in [-0.1, -0.05) is 18.2 Å². The van der Waals surface area contributed by atoms with Crippen LogP contribution in [0, 0.1) is 0 Å². The van der Waals surface area contributed by atoms with Crippen LogP contribution in [0.4, 0.5) is 0 Å². The van der Waals surface area contributed by atoms with Crippen molar-refractivity contribution < 1.29 is 22.4 Å². The molecule has 1 aromatic heterocycles. The Kier molecular flexibility index (Phi) is 5.95. The zero-order chi connectivity index (χ0) is 19.3. The van der Waals surface area contributed by atoms with Gasteiger partial charge in [-0.25, -0.2) is 8.42 Å². The van der Waals surface area contributed by atoms with Gasteiger partial charge in [-0.2, -0.15) is 0 Å². The lowest BCUT2D eigenvalue weighted by atomic mass is 10.1. The van der Waals surface area contributed by atoms with Crippen molar-refractivity contribution in [2.75, 3.05) is 19.6 Å². The van der Waals surface area contributed by atoms with Crippen LogP contribution in [0.5, 0.6) is 0 Å². The van der Waals surface area contributed by atoms with Crippen molar-refractivity contribution in [2.24, 2.45) is 0 Å². The Morgan fingerprint density at radius 1 is 1.07 bits per heavy atom. The van der Waals surface area contributed by atoms with E-state index < -0.39 is 15.1 Å². The van der Waals surface area contributed by atoms with Crippen molar-refractivity contribution in [3.8, 4) is 0 Å². The molecule has 1 aliphatic rings. The first-order valence-electron chi connectivity index (χ1n) is 8.81. The summed E-state index contributed by atoms with van der Waals surface area (Å²) in [4.78, 5) is 25.9. The Balaban J connectivity index is 1.47. The number of carbonyl (C=O) groups is 2. The zero-order valence-corrected chi connectivity index (χ0v) is 15.7. The first-order valence-corrected chi connectivity index (χ1v) is 10.5. The Bertz CT molecular complexity index is 870. The number of furan rings is 1. The molecule has 2 aromatic rings. The number of rotatable bonds is 6. The summed E-state index contributed by atoms with van der Waals surface area (Å²) in [5, 5.41) is 2.13. The van der Waals surface area contributed by atoms with E-state index in [1.165, 1.54) is 6.26 Å². The van der Waals surface area contributed by atoms with Crippen LogP contribution in [0.1, 0.15) is 29.0 Å². The van der Waals surface area contributed by atoms with Gasteiger partial charge in [-0.15, -0.1) is 0 Å². The molecule has 1 fully saturated rings. The minimum atomic E-state index is -3.32. The molecule has 0 saturated carbocycles. The molecular formula is C19H22N2O5S. The Morgan fingerprint density at radius 3 is 2.41 bits per heavy atom. The fourth-order valence-corrected chi connectivity index (χ4v) is 4.86. The maximum absolute atomic E-state index is 12.5. The van der Waals surface area contributed by atoms with Crippen molar-refractivity contribution in [3.63, 3.8) is 0 Å². The van der Waals surface area contributed by atoms with Gasteiger partial charge < -0.3 is 14.6 Å². The fraction of sp³-hybridized carbons (Fsp3) is 0.368. The normalized spacial score (nSPS) is 15.5. The van der Waals surface area contributed by atoms with Crippen LogP contribution in [0.3, 0.4) is 0 Å². The number of hydrogen-bond donors (Lipinski definition) is 1. The highest BCUT2D eigenvalue weighted by Crippen LogP contribution is 2.21. The zero-order valence-electron chi connectivity index (χ0n) is 14.8. The molecule has 1 saturated heterocycles. The minimum Gasteiger partial charge on any atom is -0.468 e. The Hall–Kier alpha value is -2.61. The van der Waals surface area contributed by atoms with Gasteiger partial charge >= 0.3 is 0 Å². The molecule has 8 heteroatoms. The molecule has 0 radical (unpaired) electrons. The highest BCUT2D eigenvalue weighted by atomic mass is 32.2. The quantitative estimate of drug-likeness (QED) is 0.808. The molecule has 0 spiro atoms. The molecule has 0 atom stereocenters. The van der Waals surface area contributed by atoms with Crippen LogP contribution in [-0.2, 0) is 20.4 Å². The topological polar surface area (TPSA) is 96.7 Å².